The van der Waals surface area contributed by atoms with E-state index < -0.39 is 5.54 Å². The van der Waals surface area contributed by atoms with Gasteiger partial charge in [-0.2, -0.15) is 0 Å². The summed E-state index contributed by atoms with van der Waals surface area (Å²) >= 11 is 0. The van der Waals surface area contributed by atoms with Gasteiger partial charge in [0.25, 0.3) is 5.91 Å². The molecule has 0 bridgehead atoms. The summed E-state index contributed by atoms with van der Waals surface area (Å²) in [4.78, 5) is 38.1. The van der Waals surface area contributed by atoms with Crippen LogP contribution in [0.5, 0.6) is 5.75 Å². The van der Waals surface area contributed by atoms with Gasteiger partial charge in [-0.15, -0.1) is 0 Å². The number of benzene rings is 1. The second kappa shape index (κ2) is 8.48. The average Bonchev–Trinajstić information content (AvgIpc) is 3.04. The van der Waals surface area contributed by atoms with Gasteiger partial charge in [0.1, 0.15) is 35.2 Å². The number of nitrogens with one attached hydrogen (secondary N) is 1. The van der Waals surface area contributed by atoms with E-state index in [-0.39, 0.29) is 11.7 Å². The number of nitrogen functional groups attached to an aromatic ring is 1. The fourth-order valence-electron chi connectivity index (χ4n) is 5.23. The van der Waals surface area contributed by atoms with Gasteiger partial charge in [-0.1, -0.05) is 12.1 Å². The van der Waals surface area contributed by atoms with Crippen LogP contribution in [0.2, 0.25) is 0 Å². The number of methoxy groups -OCH3 is 1. The van der Waals surface area contributed by atoms with Gasteiger partial charge in [-0.25, -0.2) is 9.97 Å². The number of hydrogen-bond donors (Lipinski definition) is 2. The van der Waals surface area contributed by atoms with E-state index in [2.05, 4.69) is 21.4 Å². The average molecular weight is 461 g/mol. The molecule has 9 heteroatoms. The van der Waals surface area contributed by atoms with E-state index in [1.807, 2.05) is 41.1 Å². The van der Waals surface area contributed by atoms with Crippen molar-refractivity contribution in [2.45, 2.75) is 37.8 Å². The van der Waals surface area contributed by atoms with E-state index in [4.69, 9.17) is 10.5 Å². The zero-order chi connectivity index (χ0) is 23.9. The molecule has 1 aliphatic carbocycles. The van der Waals surface area contributed by atoms with Gasteiger partial charge >= 0.3 is 0 Å². The van der Waals surface area contributed by atoms with Gasteiger partial charge in [0, 0.05) is 43.8 Å². The molecule has 2 aromatic rings. The van der Waals surface area contributed by atoms with Gasteiger partial charge in [0.15, 0.2) is 0 Å². The number of ketones is 1. The Bertz CT molecular complexity index is 1190. The highest BCUT2D eigenvalue weighted by molar-refractivity contribution is 6.00. The molecule has 1 spiro atoms. The zero-order valence-corrected chi connectivity index (χ0v) is 19.4. The molecule has 3 heterocycles. The predicted molar refractivity (Wildman–Crippen MR) is 128 cm³/mol. The summed E-state index contributed by atoms with van der Waals surface area (Å²) in [5.41, 5.74) is 8.89. The predicted octanol–water partition coefficient (Wildman–Crippen LogP) is 2.49. The summed E-state index contributed by atoms with van der Waals surface area (Å²) in [7, 11) is 3.56. The van der Waals surface area contributed by atoms with Gasteiger partial charge in [0.05, 0.1) is 19.2 Å². The number of carbonyl (C=O) groups excluding carboxylic acids is 2. The Kier molecular flexibility index (Phi) is 5.47. The van der Waals surface area contributed by atoms with Crippen LogP contribution in [0.1, 0.15) is 31.2 Å². The molecular weight excluding hydrogens is 432 g/mol. The lowest BCUT2D eigenvalue weighted by molar-refractivity contribution is -0.135. The van der Waals surface area contributed by atoms with Crippen molar-refractivity contribution in [3.8, 4) is 5.75 Å². The number of amides is 1. The molecule has 3 aliphatic rings. The lowest BCUT2D eigenvalue weighted by atomic mass is 9.75. The highest BCUT2D eigenvalue weighted by Crippen LogP contribution is 2.48. The van der Waals surface area contributed by atoms with Crippen molar-refractivity contribution >= 4 is 23.3 Å². The Labute approximate surface area is 198 Å². The standard InChI is InChI=1S/C25H28N6O3/c1-30-14-17(29-22-12-21(26)27-15-28-22)11-20-23(30)24(33)31(25(20)9-7-18(32)8-10-25)13-16-3-5-19(34-2)6-4-16/h3-6,11-12,15H,7-10,13-14H2,1-2H3,(H3,26,27,28,29). The number of fused-ring (bicyclic) bond motifs is 1. The second-order valence-electron chi connectivity index (χ2n) is 9.05. The molecule has 5 rings (SSSR count). The number of ether oxygens (including phenoxy) is 1. The summed E-state index contributed by atoms with van der Waals surface area (Å²) < 4.78 is 5.28. The van der Waals surface area contributed by atoms with Crippen LogP contribution in [-0.4, -0.2) is 57.7 Å². The van der Waals surface area contributed by atoms with Crippen molar-refractivity contribution in [3.05, 3.63) is 65.3 Å². The number of nitrogens with zero attached hydrogens (tertiary/aromatic N) is 4. The minimum atomic E-state index is -0.521. The fraction of sp³-hybridized carbons (Fsp3) is 0.360. The van der Waals surface area contributed by atoms with E-state index in [9.17, 15) is 9.59 Å². The van der Waals surface area contributed by atoms with Crippen molar-refractivity contribution in [2.75, 3.05) is 31.8 Å². The van der Waals surface area contributed by atoms with Crippen LogP contribution in [0.4, 0.5) is 11.6 Å². The summed E-state index contributed by atoms with van der Waals surface area (Å²) in [5.74, 6) is 2.01. The summed E-state index contributed by atoms with van der Waals surface area (Å²) in [6.07, 6.45) is 5.64. The minimum Gasteiger partial charge on any atom is -0.497 e. The molecule has 0 saturated heterocycles. The molecule has 1 aromatic carbocycles. The maximum Gasteiger partial charge on any atom is 0.271 e. The molecule has 0 atom stereocenters. The minimum absolute atomic E-state index is 0.00393. The van der Waals surface area contributed by atoms with E-state index in [0.717, 1.165) is 22.6 Å². The second-order valence-corrected chi connectivity index (χ2v) is 9.05. The Balaban J connectivity index is 1.51. The molecule has 1 fully saturated rings. The molecule has 1 amide bonds. The number of nitrogens with two attached hydrogens (primary N) is 1. The lowest BCUT2D eigenvalue weighted by Gasteiger charge is -2.43. The molecule has 3 N–H and O–H groups in total. The van der Waals surface area contributed by atoms with E-state index >= 15 is 0 Å². The third-order valence-electron chi connectivity index (χ3n) is 6.94. The Morgan fingerprint density at radius 3 is 2.56 bits per heavy atom. The number of rotatable bonds is 5. The maximum absolute atomic E-state index is 13.8. The highest BCUT2D eigenvalue weighted by atomic mass is 16.5. The lowest BCUT2D eigenvalue weighted by Crippen LogP contribution is -2.50. The summed E-state index contributed by atoms with van der Waals surface area (Å²) in [5, 5.41) is 3.33. The van der Waals surface area contributed by atoms with Crippen molar-refractivity contribution in [1.82, 2.24) is 19.8 Å². The molecule has 34 heavy (non-hydrogen) atoms. The van der Waals surface area contributed by atoms with Gasteiger partial charge in [-0.3, -0.25) is 9.59 Å². The van der Waals surface area contributed by atoms with E-state index in [1.165, 1.54) is 6.33 Å². The molecule has 1 aromatic heterocycles. The summed E-state index contributed by atoms with van der Waals surface area (Å²) in [6.45, 7) is 0.997. The zero-order valence-electron chi connectivity index (χ0n) is 19.4. The van der Waals surface area contributed by atoms with Crippen LogP contribution in [0.3, 0.4) is 0 Å². The van der Waals surface area contributed by atoms with Crippen LogP contribution in [0, 0.1) is 0 Å². The molecule has 9 nitrogen and oxygen atoms in total. The largest absolute Gasteiger partial charge is 0.497 e. The number of likely N-dealkylation sites (N-methyl/N-ethyl adjacent to an activating group) is 1. The van der Waals surface area contributed by atoms with Crippen molar-refractivity contribution in [3.63, 3.8) is 0 Å². The van der Waals surface area contributed by atoms with Gasteiger partial charge in [-0.05, 0) is 36.6 Å². The smallest absolute Gasteiger partial charge is 0.271 e. The number of carbonyl (C=O) groups is 2. The van der Waals surface area contributed by atoms with Crippen molar-refractivity contribution in [2.24, 2.45) is 0 Å². The Morgan fingerprint density at radius 1 is 1.15 bits per heavy atom. The monoisotopic (exact) mass is 460 g/mol. The molecule has 0 unspecified atom stereocenters. The molecule has 2 aliphatic heterocycles. The topological polar surface area (TPSA) is 114 Å². The Hall–Kier alpha value is -3.88. The van der Waals surface area contributed by atoms with Crippen molar-refractivity contribution < 1.29 is 14.3 Å². The number of hydrogen-bond acceptors (Lipinski definition) is 8. The first-order valence-electron chi connectivity index (χ1n) is 11.4. The molecular formula is C25H28N6O3. The van der Waals surface area contributed by atoms with Crippen LogP contribution in [-0.2, 0) is 16.1 Å². The molecule has 0 radical (unpaired) electrons. The first-order chi connectivity index (χ1) is 16.4. The van der Waals surface area contributed by atoms with Crippen molar-refractivity contribution in [1.29, 1.82) is 0 Å². The van der Waals surface area contributed by atoms with Crippen LogP contribution < -0.4 is 15.8 Å². The maximum atomic E-state index is 13.8. The fourth-order valence-corrected chi connectivity index (χ4v) is 5.23. The molecule has 176 valence electrons. The number of Topliss-reactive ketones (excluding diaryl/α,β-unsaturated/α-hetero) is 1. The number of anilines is 2. The molecule has 1 saturated carbocycles. The van der Waals surface area contributed by atoms with Gasteiger partial charge in [0.2, 0.25) is 0 Å². The van der Waals surface area contributed by atoms with E-state index in [0.29, 0.717) is 56.1 Å². The summed E-state index contributed by atoms with van der Waals surface area (Å²) in [6, 6.07) is 9.45. The highest BCUT2D eigenvalue weighted by Gasteiger charge is 2.53. The Morgan fingerprint density at radius 2 is 1.88 bits per heavy atom. The van der Waals surface area contributed by atoms with Crippen LogP contribution in [0.15, 0.2) is 59.7 Å². The van der Waals surface area contributed by atoms with Crippen LogP contribution in [0.25, 0.3) is 0 Å². The number of aromatic nitrogens is 2. The third-order valence-corrected chi connectivity index (χ3v) is 6.94. The van der Waals surface area contributed by atoms with E-state index in [1.54, 1.807) is 13.2 Å². The normalized spacial score (nSPS) is 19.4. The van der Waals surface area contributed by atoms with Crippen LogP contribution >= 0.6 is 0 Å². The quantitative estimate of drug-likeness (QED) is 0.700. The van der Waals surface area contributed by atoms with Gasteiger partial charge < -0.3 is 25.6 Å². The first-order valence-corrected chi connectivity index (χ1v) is 11.4. The third kappa shape index (κ3) is 3.76. The first kappa shape index (κ1) is 21.9. The SMILES string of the molecule is COc1ccc(CN2C(=O)C3=C(C=C(Nc4cc(N)ncn4)CN3C)C23CCC(=O)CC3)cc1.